The summed E-state index contributed by atoms with van der Waals surface area (Å²) in [6, 6.07) is 0. The van der Waals surface area contributed by atoms with E-state index in [1.165, 1.54) is 0 Å². The summed E-state index contributed by atoms with van der Waals surface area (Å²) in [5.74, 6) is 0.00762. The van der Waals surface area contributed by atoms with E-state index in [1.807, 2.05) is 20.8 Å². The number of carbonyl (C=O) groups excluding carboxylic acids is 2. The van der Waals surface area contributed by atoms with Gasteiger partial charge in [-0.25, -0.2) is 0 Å². The van der Waals surface area contributed by atoms with Crippen LogP contribution in [0.2, 0.25) is 0 Å². The first-order valence-corrected chi connectivity index (χ1v) is 6.64. The minimum atomic E-state index is -0.440. The normalized spacial score (nSPS) is 11.3. The number of Topliss-reactive ketones (excluding diaryl/α,β-unsaturated/α-hetero) is 1. The van der Waals surface area contributed by atoms with Gasteiger partial charge in [0.1, 0.15) is 5.78 Å². The number of esters is 1. The minimum absolute atomic E-state index is 0.0228. The van der Waals surface area contributed by atoms with Crippen LogP contribution in [0.15, 0.2) is 0 Å². The molecule has 0 aliphatic heterocycles. The number of hydrogen-bond donors (Lipinski definition) is 0. The highest BCUT2D eigenvalue weighted by atomic mass is 16.7. The Bertz CT molecular complexity index is 259. The molecular formula is C14H26O4. The maximum atomic E-state index is 11.6. The van der Waals surface area contributed by atoms with Crippen LogP contribution >= 0.6 is 0 Å². The van der Waals surface area contributed by atoms with Crippen LogP contribution in [0.4, 0.5) is 0 Å². The first-order chi connectivity index (χ1) is 8.40. The Labute approximate surface area is 110 Å². The number of rotatable bonds is 10. The Morgan fingerprint density at radius 3 is 2.33 bits per heavy atom. The van der Waals surface area contributed by atoms with E-state index in [0.29, 0.717) is 13.0 Å². The first kappa shape index (κ1) is 17.1. The van der Waals surface area contributed by atoms with Gasteiger partial charge in [-0.05, 0) is 40.0 Å². The first-order valence-electron chi connectivity index (χ1n) is 6.64. The zero-order valence-corrected chi connectivity index (χ0v) is 12.1. The lowest BCUT2D eigenvalue weighted by molar-refractivity contribution is -0.166. The van der Waals surface area contributed by atoms with Gasteiger partial charge in [-0.2, -0.15) is 0 Å². The monoisotopic (exact) mass is 258 g/mol. The fourth-order valence-corrected chi connectivity index (χ4v) is 1.25. The van der Waals surface area contributed by atoms with E-state index in [-0.39, 0.29) is 18.5 Å². The lowest BCUT2D eigenvalue weighted by Crippen LogP contribution is -2.26. The summed E-state index contributed by atoms with van der Waals surface area (Å²) < 4.78 is 10.3. The molecule has 0 rings (SSSR count). The molecule has 4 heteroatoms. The molecule has 0 heterocycles. The molecule has 106 valence electrons. The van der Waals surface area contributed by atoms with Crippen LogP contribution in [0, 0.1) is 5.41 Å². The molecule has 0 N–H and O–H groups in total. The second-order valence-corrected chi connectivity index (χ2v) is 5.21. The SMILES string of the molecule is CCC(C)(C)C(=O)OCOCCCCCC(C)=O. The zero-order valence-electron chi connectivity index (χ0n) is 12.1. The van der Waals surface area contributed by atoms with E-state index >= 15 is 0 Å². The van der Waals surface area contributed by atoms with Crippen molar-refractivity contribution in [2.24, 2.45) is 5.41 Å². The van der Waals surface area contributed by atoms with Crippen LogP contribution in [0.1, 0.15) is 59.8 Å². The summed E-state index contributed by atoms with van der Waals surface area (Å²) in [5, 5.41) is 0. The van der Waals surface area contributed by atoms with E-state index in [1.54, 1.807) is 6.92 Å². The van der Waals surface area contributed by atoms with Crippen LogP contribution in [-0.4, -0.2) is 25.2 Å². The molecule has 0 radical (unpaired) electrons. The van der Waals surface area contributed by atoms with Crippen molar-refractivity contribution in [3.63, 3.8) is 0 Å². The molecule has 0 amide bonds. The molecule has 0 spiro atoms. The number of unbranched alkanes of at least 4 members (excludes halogenated alkanes) is 2. The molecule has 0 aliphatic carbocycles. The highest BCUT2D eigenvalue weighted by Gasteiger charge is 2.26. The summed E-state index contributed by atoms with van der Waals surface area (Å²) in [7, 11) is 0. The van der Waals surface area contributed by atoms with Crippen LogP contribution in [-0.2, 0) is 19.1 Å². The van der Waals surface area contributed by atoms with Crippen molar-refractivity contribution in [3.05, 3.63) is 0 Å². The van der Waals surface area contributed by atoms with Gasteiger partial charge in [0.2, 0.25) is 0 Å². The van der Waals surface area contributed by atoms with Gasteiger partial charge in [0, 0.05) is 6.42 Å². The molecule has 0 aliphatic rings. The smallest absolute Gasteiger partial charge is 0.313 e. The Kier molecular flexibility index (Phi) is 8.63. The fourth-order valence-electron chi connectivity index (χ4n) is 1.25. The number of carbonyl (C=O) groups is 2. The van der Waals surface area contributed by atoms with Crippen LogP contribution in [0.25, 0.3) is 0 Å². The second-order valence-electron chi connectivity index (χ2n) is 5.21. The summed E-state index contributed by atoms with van der Waals surface area (Å²) in [6.07, 6.45) is 4.15. The van der Waals surface area contributed by atoms with Gasteiger partial charge in [0.25, 0.3) is 0 Å². The maximum Gasteiger partial charge on any atom is 0.313 e. The molecule has 0 bridgehead atoms. The van der Waals surface area contributed by atoms with Gasteiger partial charge in [-0.15, -0.1) is 0 Å². The van der Waals surface area contributed by atoms with Crippen molar-refractivity contribution in [2.75, 3.05) is 13.4 Å². The third kappa shape index (κ3) is 8.23. The third-order valence-electron chi connectivity index (χ3n) is 3.03. The summed E-state index contributed by atoms with van der Waals surface area (Å²) >= 11 is 0. The number of ketones is 1. The molecule has 4 nitrogen and oxygen atoms in total. The van der Waals surface area contributed by atoms with Crippen molar-refractivity contribution < 1.29 is 19.1 Å². The molecular weight excluding hydrogens is 232 g/mol. The third-order valence-corrected chi connectivity index (χ3v) is 3.03. The summed E-state index contributed by atoms with van der Waals surface area (Å²) in [4.78, 5) is 22.3. The van der Waals surface area contributed by atoms with Crippen molar-refractivity contribution >= 4 is 11.8 Å². The van der Waals surface area contributed by atoms with Gasteiger partial charge in [-0.1, -0.05) is 13.3 Å². The van der Waals surface area contributed by atoms with Crippen molar-refractivity contribution in [2.45, 2.75) is 59.8 Å². The molecule has 18 heavy (non-hydrogen) atoms. The lowest BCUT2D eigenvalue weighted by Gasteiger charge is -2.20. The average molecular weight is 258 g/mol. The molecule has 0 aromatic rings. The average Bonchev–Trinajstić information content (AvgIpc) is 2.31. The van der Waals surface area contributed by atoms with E-state index < -0.39 is 5.41 Å². The standard InChI is InChI=1S/C14H26O4/c1-5-14(3,4)13(16)18-11-17-10-8-6-7-9-12(2)15/h5-11H2,1-4H3. The fraction of sp³-hybridized carbons (Fsp3) is 0.857. The Morgan fingerprint density at radius 1 is 1.11 bits per heavy atom. The predicted octanol–water partition coefficient (Wildman–Crippen LogP) is 3.09. The Hall–Kier alpha value is -0.900. The molecule has 0 aromatic heterocycles. The van der Waals surface area contributed by atoms with Crippen molar-refractivity contribution in [3.8, 4) is 0 Å². The zero-order chi connectivity index (χ0) is 14.0. The van der Waals surface area contributed by atoms with Crippen molar-refractivity contribution in [1.29, 1.82) is 0 Å². The quantitative estimate of drug-likeness (QED) is 0.343. The maximum absolute atomic E-state index is 11.6. The highest BCUT2D eigenvalue weighted by Crippen LogP contribution is 2.21. The Morgan fingerprint density at radius 2 is 1.78 bits per heavy atom. The number of hydrogen-bond acceptors (Lipinski definition) is 4. The largest absolute Gasteiger partial charge is 0.438 e. The van der Waals surface area contributed by atoms with E-state index in [0.717, 1.165) is 25.7 Å². The van der Waals surface area contributed by atoms with Crippen LogP contribution < -0.4 is 0 Å². The van der Waals surface area contributed by atoms with Gasteiger partial charge in [0.15, 0.2) is 6.79 Å². The topological polar surface area (TPSA) is 52.6 Å². The molecule has 0 fully saturated rings. The van der Waals surface area contributed by atoms with E-state index in [2.05, 4.69) is 0 Å². The highest BCUT2D eigenvalue weighted by molar-refractivity contribution is 5.75. The minimum Gasteiger partial charge on any atom is -0.438 e. The van der Waals surface area contributed by atoms with Crippen molar-refractivity contribution in [1.82, 2.24) is 0 Å². The van der Waals surface area contributed by atoms with Crippen LogP contribution in [0.5, 0.6) is 0 Å². The second kappa shape index (κ2) is 9.09. The van der Waals surface area contributed by atoms with Crippen LogP contribution in [0.3, 0.4) is 0 Å². The molecule has 0 saturated carbocycles. The van der Waals surface area contributed by atoms with Gasteiger partial charge in [-0.3, -0.25) is 4.79 Å². The van der Waals surface area contributed by atoms with Gasteiger partial charge in [0.05, 0.1) is 12.0 Å². The molecule has 0 aromatic carbocycles. The van der Waals surface area contributed by atoms with E-state index in [4.69, 9.17) is 9.47 Å². The molecule has 0 saturated heterocycles. The lowest BCUT2D eigenvalue weighted by atomic mass is 9.91. The van der Waals surface area contributed by atoms with Gasteiger partial charge < -0.3 is 14.3 Å². The van der Waals surface area contributed by atoms with Gasteiger partial charge >= 0.3 is 5.97 Å². The Balaban J connectivity index is 3.41. The predicted molar refractivity (Wildman–Crippen MR) is 70.1 cm³/mol. The summed E-state index contributed by atoms with van der Waals surface area (Å²) in [5.41, 5.74) is -0.440. The summed E-state index contributed by atoms with van der Waals surface area (Å²) in [6.45, 7) is 7.86. The molecule has 0 atom stereocenters. The molecule has 0 unspecified atom stereocenters. The number of ether oxygens (including phenoxy) is 2. The van der Waals surface area contributed by atoms with E-state index in [9.17, 15) is 9.59 Å².